The summed E-state index contributed by atoms with van der Waals surface area (Å²) in [5.41, 5.74) is 0.498. The van der Waals surface area contributed by atoms with Crippen molar-refractivity contribution >= 4 is 21.6 Å². The summed E-state index contributed by atoms with van der Waals surface area (Å²) in [7, 11) is -0.414. The third-order valence-corrected chi connectivity index (χ3v) is 6.78. The van der Waals surface area contributed by atoms with E-state index in [0.717, 1.165) is 0 Å². The van der Waals surface area contributed by atoms with E-state index in [9.17, 15) is 13.2 Å². The van der Waals surface area contributed by atoms with Gasteiger partial charge in [-0.05, 0) is 30.7 Å². The molecular weight excluding hydrogens is 368 g/mol. The van der Waals surface area contributed by atoms with E-state index in [1.54, 1.807) is 55.6 Å². The van der Waals surface area contributed by atoms with Crippen molar-refractivity contribution in [3.05, 3.63) is 48.5 Å². The molecule has 144 valence electrons. The number of ether oxygens (including phenoxy) is 2. The van der Waals surface area contributed by atoms with Crippen LogP contribution in [0.4, 0.5) is 10.5 Å². The fourth-order valence-electron chi connectivity index (χ4n) is 3.06. The summed E-state index contributed by atoms with van der Waals surface area (Å²) in [5.74, 6) is 1.08. The normalized spacial score (nSPS) is 16.8. The molecule has 0 aliphatic carbocycles. The van der Waals surface area contributed by atoms with Crippen LogP contribution in [0.2, 0.25) is 0 Å². The highest BCUT2D eigenvalue weighted by Crippen LogP contribution is 2.30. The van der Waals surface area contributed by atoms with E-state index in [2.05, 4.69) is 5.32 Å². The molecule has 1 aliphatic rings. The number of urea groups is 1. The molecule has 1 atom stereocenters. The van der Waals surface area contributed by atoms with E-state index in [4.69, 9.17) is 9.47 Å². The van der Waals surface area contributed by atoms with E-state index in [1.165, 1.54) is 12.0 Å². The van der Waals surface area contributed by atoms with Crippen LogP contribution < -0.4 is 14.8 Å². The second-order valence-corrected chi connectivity index (χ2v) is 8.44. The summed E-state index contributed by atoms with van der Waals surface area (Å²) < 4.78 is 35.9. The molecule has 8 heteroatoms. The topological polar surface area (TPSA) is 84.9 Å². The summed E-state index contributed by atoms with van der Waals surface area (Å²) >= 11 is 0. The van der Waals surface area contributed by atoms with Crippen molar-refractivity contribution < 1.29 is 22.7 Å². The van der Waals surface area contributed by atoms with Crippen molar-refractivity contribution in [2.45, 2.75) is 16.6 Å². The van der Waals surface area contributed by atoms with Gasteiger partial charge in [0.05, 0.1) is 30.1 Å². The van der Waals surface area contributed by atoms with Gasteiger partial charge in [0.25, 0.3) is 0 Å². The van der Waals surface area contributed by atoms with Gasteiger partial charge in [-0.25, -0.2) is 13.2 Å². The van der Waals surface area contributed by atoms with E-state index in [-0.39, 0.29) is 17.5 Å². The largest absolute Gasteiger partial charge is 0.497 e. The number of rotatable bonds is 5. The van der Waals surface area contributed by atoms with Crippen LogP contribution in [0.5, 0.6) is 11.5 Å². The molecule has 2 aromatic carbocycles. The Morgan fingerprint density at radius 1 is 1.11 bits per heavy atom. The zero-order valence-corrected chi connectivity index (χ0v) is 16.0. The second-order valence-electron chi connectivity index (χ2n) is 6.21. The SMILES string of the molecule is COc1ccc(NC(=O)N2CCC(S(=O)(=O)c3ccccc3)C2)c(OC)c1. The standard InChI is InChI=1S/C19H22N2O5S/c1-25-14-8-9-17(18(12-14)26-2)20-19(22)21-11-10-16(13-21)27(23,24)15-6-4-3-5-7-15/h3-9,12,16H,10-11,13H2,1-2H3,(H,20,22). The zero-order chi connectivity index (χ0) is 19.4. The van der Waals surface area contributed by atoms with Crippen molar-refractivity contribution in [2.75, 3.05) is 32.6 Å². The van der Waals surface area contributed by atoms with Gasteiger partial charge in [-0.2, -0.15) is 0 Å². The predicted molar refractivity (Wildman–Crippen MR) is 102 cm³/mol. The van der Waals surface area contributed by atoms with Crippen LogP contribution in [0.15, 0.2) is 53.4 Å². The summed E-state index contributed by atoms with van der Waals surface area (Å²) in [6.45, 7) is 0.530. The number of hydrogen-bond acceptors (Lipinski definition) is 5. The first-order valence-corrected chi connectivity index (χ1v) is 10.1. The van der Waals surface area contributed by atoms with Crippen LogP contribution in [-0.2, 0) is 9.84 Å². The van der Waals surface area contributed by atoms with Crippen molar-refractivity contribution in [3.8, 4) is 11.5 Å². The fraction of sp³-hybridized carbons (Fsp3) is 0.316. The molecule has 1 aliphatic heterocycles. The van der Waals surface area contributed by atoms with Crippen LogP contribution in [0.25, 0.3) is 0 Å². The molecule has 0 aromatic heterocycles. The highest BCUT2D eigenvalue weighted by Gasteiger charge is 2.36. The molecule has 1 fully saturated rings. The van der Waals surface area contributed by atoms with Crippen LogP contribution >= 0.6 is 0 Å². The molecule has 0 spiro atoms. The molecule has 3 rings (SSSR count). The summed E-state index contributed by atoms with van der Waals surface area (Å²) in [6.07, 6.45) is 0.407. The van der Waals surface area contributed by atoms with Crippen molar-refractivity contribution in [1.29, 1.82) is 0 Å². The Morgan fingerprint density at radius 2 is 1.85 bits per heavy atom. The fourth-order valence-corrected chi connectivity index (χ4v) is 4.78. The Hall–Kier alpha value is -2.74. The minimum Gasteiger partial charge on any atom is -0.497 e. The summed E-state index contributed by atoms with van der Waals surface area (Å²) in [5, 5.41) is 2.17. The Morgan fingerprint density at radius 3 is 2.52 bits per heavy atom. The zero-order valence-electron chi connectivity index (χ0n) is 15.2. The molecule has 1 N–H and O–H groups in total. The number of sulfone groups is 1. The van der Waals surface area contributed by atoms with Gasteiger partial charge in [-0.15, -0.1) is 0 Å². The maximum Gasteiger partial charge on any atom is 0.321 e. The highest BCUT2D eigenvalue weighted by molar-refractivity contribution is 7.92. The lowest BCUT2D eigenvalue weighted by atomic mass is 10.2. The molecule has 2 amide bonds. The van der Waals surface area contributed by atoms with Gasteiger partial charge in [0.1, 0.15) is 11.5 Å². The van der Waals surface area contributed by atoms with Gasteiger partial charge in [-0.1, -0.05) is 18.2 Å². The Labute approximate surface area is 158 Å². The van der Waals surface area contributed by atoms with Gasteiger partial charge in [0.15, 0.2) is 9.84 Å². The van der Waals surface area contributed by atoms with Gasteiger partial charge in [0.2, 0.25) is 0 Å². The van der Waals surface area contributed by atoms with Gasteiger partial charge in [-0.3, -0.25) is 0 Å². The number of carbonyl (C=O) groups is 1. The maximum absolute atomic E-state index is 12.7. The quantitative estimate of drug-likeness (QED) is 0.849. The van der Waals surface area contributed by atoms with Crippen LogP contribution in [0, 0.1) is 0 Å². The van der Waals surface area contributed by atoms with E-state index in [1.807, 2.05) is 0 Å². The molecule has 0 radical (unpaired) electrons. The number of amides is 2. The van der Waals surface area contributed by atoms with Gasteiger partial charge in [0, 0.05) is 19.2 Å². The van der Waals surface area contributed by atoms with E-state index in [0.29, 0.717) is 30.2 Å². The Kier molecular flexibility index (Phi) is 5.55. The predicted octanol–water partition coefficient (Wildman–Crippen LogP) is 2.78. The molecular formula is C19H22N2O5S. The number of carbonyl (C=O) groups excluding carboxylic acids is 1. The number of hydrogen-bond donors (Lipinski definition) is 1. The number of benzene rings is 2. The minimum absolute atomic E-state index is 0.154. The third-order valence-electron chi connectivity index (χ3n) is 4.59. The number of nitrogens with one attached hydrogen (secondary N) is 1. The van der Waals surface area contributed by atoms with Crippen molar-refractivity contribution in [2.24, 2.45) is 0 Å². The number of anilines is 1. The molecule has 7 nitrogen and oxygen atoms in total. The van der Waals surface area contributed by atoms with Crippen LogP contribution in [0.1, 0.15) is 6.42 Å². The van der Waals surface area contributed by atoms with Crippen molar-refractivity contribution in [1.82, 2.24) is 4.90 Å². The average molecular weight is 390 g/mol. The number of methoxy groups -OCH3 is 2. The highest BCUT2D eigenvalue weighted by atomic mass is 32.2. The molecule has 2 aromatic rings. The number of nitrogens with zero attached hydrogens (tertiary/aromatic N) is 1. The molecule has 0 saturated carbocycles. The number of likely N-dealkylation sites (tertiary alicyclic amines) is 1. The van der Waals surface area contributed by atoms with E-state index >= 15 is 0 Å². The molecule has 1 saturated heterocycles. The van der Waals surface area contributed by atoms with Crippen LogP contribution in [0.3, 0.4) is 0 Å². The molecule has 1 unspecified atom stereocenters. The first-order chi connectivity index (χ1) is 13.0. The summed E-state index contributed by atoms with van der Waals surface area (Å²) in [6, 6.07) is 13.0. The molecule has 27 heavy (non-hydrogen) atoms. The molecule has 0 bridgehead atoms. The maximum atomic E-state index is 12.7. The first-order valence-electron chi connectivity index (χ1n) is 8.52. The summed E-state index contributed by atoms with van der Waals surface area (Å²) in [4.78, 5) is 14.4. The average Bonchev–Trinajstić information content (AvgIpc) is 3.20. The Bertz CT molecular complexity index is 915. The second kappa shape index (κ2) is 7.87. The minimum atomic E-state index is -3.46. The monoisotopic (exact) mass is 390 g/mol. The molecule has 1 heterocycles. The van der Waals surface area contributed by atoms with Gasteiger partial charge >= 0.3 is 6.03 Å². The van der Waals surface area contributed by atoms with Crippen LogP contribution in [-0.4, -0.2) is 51.9 Å². The third kappa shape index (κ3) is 4.00. The van der Waals surface area contributed by atoms with E-state index < -0.39 is 15.1 Å². The lowest BCUT2D eigenvalue weighted by Crippen LogP contribution is -2.35. The lowest BCUT2D eigenvalue weighted by Gasteiger charge is -2.19. The Balaban J connectivity index is 1.70. The lowest BCUT2D eigenvalue weighted by molar-refractivity contribution is 0.222. The van der Waals surface area contributed by atoms with Crippen molar-refractivity contribution in [3.63, 3.8) is 0 Å². The smallest absolute Gasteiger partial charge is 0.321 e. The van der Waals surface area contributed by atoms with Gasteiger partial charge < -0.3 is 19.7 Å². The first kappa shape index (κ1) is 19.0.